The zero-order valence-corrected chi connectivity index (χ0v) is 11.8. The number of urea groups is 1. The predicted octanol–water partition coefficient (Wildman–Crippen LogP) is 1.48. The van der Waals surface area contributed by atoms with E-state index in [9.17, 15) is 9.59 Å². The highest BCUT2D eigenvalue weighted by Gasteiger charge is 3.14. The minimum Gasteiger partial charge on any atom is -0.320 e. The second kappa shape index (κ2) is 2.05. The van der Waals surface area contributed by atoms with Gasteiger partial charge in [-0.25, -0.2) is 4.79 Å². The van der Waals surface area contributed by atoms with E-state index in [4.69, 9.17) is 0 Å². The molecule has 0 radical (unpaired) electrons. The minimum absolute atomic E-state index is 0.0653. The monoisotopic (exact) mass is 258 g/mol. The molecule has 4 heteroatoms. The molecule has 5 rings (SSSR count). The number of rotatable bonds is 0. The van der Waals surface area contributed by atoms with Crippen molar-refractivity contribution in [1.82, 2.24) is 9.80 Å². The summed E-state index contributed by atoms with van der Waals surface area (Å²) < 4.78 is 0. The molecule has 0 bridgehead atoms. The van der Waals surface area contributed by atoms with Gasteiger partial charge in [-0.05, 0) is 23.7 Å². The minimum atomic E-state index is -0.294. The van der Waals surface area contributed by atoms with Crippen molar-refractivity contribution < 1.29 is 9.59 Å². The summed E-state index contributed by atoms with van der Waals surface area (Å²) in [6, 6.07) is -0.148. The fourth-order valence-corrected chi connectivity index (χ4v) is 7.93. The van der Waals surface area contributed by atoms with Gasteiger partial charge in [0.25, 0.3) is 0 Å². The average Bonchev–Trinajstić information content (AvgIpc) is 2.73. The van der Waals surface area contributed by atoms with E-state index in [-0.39, 0.29) is 33.7 Å². The Hall–Kier alpha value is -1.32. The Labute approximate surface area is 112 Å². The first-order valence-corrected chi connectivity index (χ1v) is 6.99. The molecular weight excluding hydrogens is 240 g/mol. The zero-order chi connectivity index (χ0) is 13.7. The Morgan fingerprint density at radius 2 is 1.84 bits per heavy atom. The van der Waals surface area contributed by atoms with Crippen LogP contribution in [0.5, 0.6) is 0 Å². The fourth-order valence-electron chi connectivity index (χ4n) is 7.93. The molecule has 6 atom stereocenters. The van der Waals surface area contributed by atoms with Crippen LogP contribution in [0.3, 0.4) is 0 Å². The lowest BCUT2D eigenvalue weighted by molar-refractivity contribution is -0.182. The van der Waals surface area contributed by atoms with Crippen molar-refractivity contribution in [1.29, 1.82) is 0 Å². The molecule has 19 heavy (non-hydrogen) atoms. The van der Waals surface area contributed by atoms with Crippen LogP contribution < -0.4 is 0 Å². The predicted molar refractivity (Wildman–Crippen MR) is 68.0 cm³/mol. The van der Waals surface area contributed by atoms with Gasteiger partial charge >= 0.3 is 6.03 Å². The van der Waals surface area contributed by atoms with Gasteiger partial charge in [0.2, 0.25) is 5.91 Å². The van der Waals surface area contributed by atoms with Crippen molar-refractivity contribution in [3.05, 3.63) is 12.2 Å². The summed E-state index contributed by atoms with van der Waals surface area (Å²) in [5.41, 5.74) is 0.851. The number of carbonyl (C=O) groups excluding carboxylic acids is 2. The number of fused-ring (bicyclic) bond motifs is 1. The fraction of sp³-hybridized carbons (Fsp3) is 0.733. The Balaban J connectivity index is 1.84. The molecule has 4 aliphatic carbocycles. The lowest BCUT2D eigenvalue weighted by Gasteiger charge is -2.65. The first-order chi connectivity index (χ1) is 8.75. The van der Waals surface area contributed by atoms with Crippen molar-refractivity contribution in [3.8, 4) is 0 Å². The van der Waals surface area contributed by atoms with E-state index in [1.165, 1.54) is 10.5 Å². The second-order valence-electron chi connectivity index (χ2n) is 7.64. The third-order valence-corrected chi connectivity index (χ3v) is 7.82. The quantitative estimate of drug-likeness (QED) is 0.618. The Kier molecular flexibility index (Phi) is 1.13. The highest BCUT2D eigenvalue weighted by atomic mass is 16.2. The van der Waals surface area contributed by atoms with E-state index in [1.54, 1.807) is 7.05 Å². The molecular formula is C15H18N2O2. The summed E-state index contributed by atoms with van der Waals surface area (Å²) in [4.78, 5) is 28.4. The molecule has 1 aliphatic heterocycles. The van der Waals surface area contributed by atoms with Crippen LogP contribution in [-0.4, -0.2) is 41.4 Å². The van der Waals surface area contributed by atoms with Gasteiger partial charge in [-0.3, -0.25) is 9.69 Å². The molecule has 5 aliphatic rings. The van der Waals surface area contributed by atoms with E-state index in [1.807, 2.05) is 11.9 Å². The van der Waals surface area contributed by atoms with Gasteiger partial charge in [0.1, 0.15) is 0 Å². The third-order valence-electron chi connectivity index (χ3n) is 7.82. The highest BCUT2D eigenvalue weighted by Crippen LogP contribution is 3.09. The summed E-state index contributed by atoms with van der Waals surface area (Å²) in [6.45, 7) is 8.76. The topological polar surface area (TPSA) is 40.6 Å². The van der Waals surface area contributed by atoms with E-state index < -0.39 is 0 Å². The largest absolute Gasteiger partial charge is 0.326 e. The van der Waals surface area contributed by atoms with Gasteiger partial charge in [-0.1, -0.05) is 26.0 Å². The van der Waals surface area contributed by atoms with Crippen molar-refractivity contribution in [2.75, 3.05) is 14.1 Å². The lowest BCUT2D eigenvalue weighted by Crippen LogP contribution is -2.78. The number of hydrogen-bond donors (Lipinski definition) is 0. The molecule has 1 heterocycles. The van der Waals surface area contributed by atoms with Crippen LogP contribution in [0.25, 0.3) is 0 Å². The van der Waals surface area contributed by atoms with Gasteiger partial charge in [-0.15, -0.1) is 0 Å². The third kappa shape index (κ3) is 0.478. The van der Waals surface area contributed by atoms with E-state index >= 15 is 0 Å². The van der Waals surface area contributed by atoms with Crippen molar-refractivity contribution in [2.45, 2.75) is 25.8 Å². The summed E-state index contributed by atoms with van der Waals surface area (Å²) in [5, 5.41) is 0. The molecule has 100 valence electrons. The maximum absolute atomic E-state index is 12.8. The average molecular weight is 258 g/mol. The summed E-state index contributed by atoms with van der Waals surface area (Å²) in [6.07, 6.45) is 0.822. The summed E-state index contributed by atoms with van der Waals surface area (Å²) in [5.74, 6) is 0.952. The van der Waals surface area contributed by atoms with Crippen LogP contribution in [-0.2, 0) is 4.79 Å². The number of hydrogen-bond acceptors (Lipinski definition) is 2. The normalized spacial score (nSPS) is 63.5. The van der Waals surface area contributed by atoms with Gasteiger partial charge in [-0.2, -0.15) is 0 Å². The second-order valence-corrected chi connectivity index (χ2v) is 7.64. The first-order valence-electron chi connectivity index (χ1n) is 6.99. The van der Waals surface area contributed by atoms with Crippen molar-refractivity contribution >= 4 is 11.9 Å². The first kappa shape index (κ1) is 10.5. The molecule has 4 nitrogen and oxygen atoms in total. The van der Waals surface area contributed by atoms with Crippen molar-refractivity contribution in [2.24, 2.45) is 28.1 Å². The van der Waals surface area contributed by atoms with E-state index in [0.717, 1.165) is 6.42 Å². The molecule has 0 aromatic rings. The smallest absolute Gasteiger partial charge is 0.320 e. The van der Waals surface area contributed by atoms with E-state index in [2.05, 4.69) is 20.4 Å². The molecule has 4 saturated carbocycles. The zero-order valence-electron chi connectivity index (χ0n) is 11.8. The number of nitrogens with zero attached hydrogens (tertiary/aromatic N) is 2. The van der Waals surface area contributed by atoms with Crippen LogP contribution in [0.15, 0.2) is 12.2 Å². The van der Waals surface area contributed by atoms with Crippen molar-refractivity contribution in [3.63, 3.8) is 0 Å². The van der Waals surface area contributed by atoms with Crippen LogP contribution in [0, 0.1) is 28.1 Å². The van der Waals surface area contributed by atoms with Crippen LogP contribution >= 0.6 is 0 Å². The van der Waals surface area contributed by atoms with Crippen LogP contribution in [0.4, 0.5) is 4.79 Å². The molecule has 2 spiro atoms. The summed E-state index contributed by atoms with van der Waals surface area (Å²) >= 11 is 0. The number of amides is 3. The standard InChI is InChI=1S/C15H18N2O2/c1-7-6-14-12(2)8(7)13(3)9(12)15(13,14)10(18)16(4)11(19)17(14)5/h8-9H,1,6H2,2-5H3/t8-,9+,12+,13+,14-,15?/m1/s1. The van der Waals surface area contributed by atoms with Gasteiger partial charge in [0, 0.05) is 19.5 Å². The SMILES string of the molecule is C=C1C[C@]23N(C)C(=O)N(C)C(=O)C24[C@@H]2[C@]4(C)[C@H]1[C@@]23C. The Bertz CT molecular complexity index is 642. The molecule has 1 saturated heterocycles. The van der Waals surface area contributed by atoms with E-state index in [0.29, 0.717) is 11.8 Å². The van der Waals surface area contributed by atoms with Gasteiger partial charge in [0.15, 0.2) is 0 Å². The Morgan fingerprint density at radius 1 is 1.21 bits per heavy atom. The molecule has 3 amide bonds. The van der Waals surface area contributed by atoms with Crippen LogP contribution in [0.2, 0.25) is 0 Å². The maximum atomic E-state index is 12.8. The van der Waals surface area contributed by atoms with Gasteiger partial charge < -0.3 is 4.90 Å². The molecule has 5 fully saturated rings. The molecule has 0 N–H and O–H groups in total. The lowest BCUT2D eigenvalue weighted by atomic mass is 9.46. The number of carbonyl (C=O) groups is 2. The summed E-state index contributed by atoms with van der Waals surface area (Å²) in [7, 11) is 3.50. The molecule has 0 aromatic carbocycles. The Morgan fingerprint density at radius 3 is 2.47 bits per heavy atom. The number of imide groups is 1. The maximum Gasteiger partial charge on any atom is 0.326 e. The molecule has 0 aromatic heterocycles. The molecule has 1 unspecified atom stereocenters. The highest BCUT2D eigenvalue weighted by molar-refractivity contribution is 6.08. The van der Waals surface area contributed by atoms with Crippen LogP contribution in [0.1, 0.15) is 20.3 Å². The van der Waals surface area contributed by atoms with Gasteiger partial charge in [0.05, 0.1) is 11.0 Å².